The third-order valence-electron chi connectivity index (χ3n) is 2.21. The summed E-state index contributed by atoms with van der Waals surface area (Å²) in [5.41, 5.74) is 8.18. The van der Waals surface area contributed by atoms with Crippen molar-refractivity contribution in [2.45, 2.75) is 13.0 Å². The molecule has 3 nitrogen and oxygen atoms in total. The number of nitrogens with two attached hydrogens (primary N) is 1. The molecule has 0 spiro atoms. The lowest BCUT2D eigenvalue weighted by Crippen LogP contribution is -2.15. The van der Waals surface area contributed by atoms with E-state index in [-0.39, 0.29) is 0 Å². The first-order chi connectivity index (χ1) is 6.15. The van der Waals surface area contributed by atoms with Gasteiger partial charge in [-0.25, -0.2) is 0 Å². The maximum atomic E-state index is 5.52. The molecule has 1 heterocycles. The molecule has 13 heavy (non-hydrogen) atoms. The van der Waals surface area contributed by atoms with E-state index in [9.17, 15) is 0 Å². The molecule has 0 bridgehead atoms. The minimum atomic E-state index is 0.721. The molecule has 1 aromatic rings. The van der Waals surface area contributed by atoms with Crippen molar-refractivity contribution in [1.29, 1.82) is 0 Å². The Hall–Kier alpha value is -0.800. The summed E-state index contributed by atoms with van der Waals surface area (Å²) >= 11 is 0. The van der Waals surface area contributed by atoms with Crippen LogP contribution >= 0.6 is 0 Å². The van der Waals surface area contributed by atoms with Crippen LogP contribution in [0.3, 0.4) is 0 Å². The van der Waals surface area contributed by atoms with Crippen LogP contribution < -0.4 is 5.73 Å². The van der Waals surface area contributed by atoms with Crippen molar-refractivity contribution in [1.82, 2.24) is 9.47 Å². The standard InChI is InChI=1S/C10H19N3/c1-12(2)8-10-5-4-9(6-7-11)13(10)3/h4-5H,6-8,11H2,1-3H3. The molecule has 0 saturated carbocycles. The van der Waals surface area contributed by atoms with Crippen molar-refractivity contribution >= 4 is 0 Å². The number of rotatable bonds is 4. The van der Waals surface area contributed by atoms with Gasteiger partial charge in [-0.15, -0.1) is 0 Å². The fourth-order valence-electron chi connectivity index (χ4n) is 1.48. The van der Waals surface area contributed by atoms with Gasteiger partial charge in [-0.2, -0.15) is 0 Å². The maximum absolute atomic E-state index is 5.52. The molecular weight excluding hydrogens is 162 g/mol. The van der Waals surface area contributed by atoms with E-state index in [1.807, 2.05) is 0 Å². The fraction of sp³-hybridized carbons (Fsp3) is 0.600. The Bertz CT molecular complexity index is 263. The van der Waals surface area contributed by atoms with E-state index < -0.39 is 0 Å². The lowest BCUT2D eigenvalue weighted by atomic mass is 10.3. The molecule has 0 aliphatic rings. The van der Waals surface area contributed by atoms with Crippen LogP contribution in [0.25, 0.3) is 0 Å². The highest BCUT2D eigenvalue weighted by atomic mass is 15.1. The predicted octanol–water partition coefficient (Wildman–Crippen LogP) is 0.588. The van der Waals surface area contributed by atoms with Gasteiger partial charge in [0.25, 0.3) is 0 Å². The largest absolute Gasteiger partial charge is 0.350 e. The van der Waals surface area contributed by atoms with Gasteiger partial charge in [0.2, 0.25) is 0 Å². The first kappa shape index (κ1) is 10.3. The van der Waals surface area contributed by atoms with E-state index in [2.05, 4.69) is 42.7 Å². The second-order valence-electron chi connectivity index (χ2n) is 3.65. The van der Waals surface area contributed by atoms with Gasteiger partial charge in [-0.3, -0.25) is 0 Å². The van der Waals surface area contributed by atoms with E-state index >= 15 is 0 Å². The molecule has 0 radical (unpaired) electrons. The average Bonchev–Trinajstić information content (AvgIpc) is 2.36. The molecule has 0 fully saturated rings. The van der Waals surface area contributed by atoms with Crippen LogP contribution in [0.4, 0.5) is 0 Å². The zero-order chi connectivity index (χ0) is 9.84. The zero-order valence-corrected chi connectivity index (χ0v) is 8.75. The molecular formula is C10H19N3. The van der Waals surface area contributed by atoms with Gasteiger partial charge in [0, 0.05) is 25.0 Å². The van der Waals surface area contributed by atoms with Crippen LogP contribution in [-0.4, -0.2) is 30.1 Å². The molecule has 0 atom stereocenters. The van der Waals surface area contributed by atoms with Gasteiger partial charge in [0.1, 0.15) is 0 Å². The lowest BCUT2D eigenvalue weighted by molar-refractivity contribution is 0.390. The minimum Gasteiger partial charge on any atom is -0.350 e. The number of aromatic nitrogens is 1. The molecule has 3 heteroatoms. The van der Waals surface area contributed by atoms with Crippen LogP contribution in [0.1, 0.15) is 11.4 Å². The summed E-state index contributed by atoms with van der Waals surface area (Å²) < 4.78 is 2.23. The Morgan fingerprint density at radius 1 is 1.31 bits per heavy atom. The van der Waals surface area contributed by atoms with Crippen molar-refractivity contribution < 1.29 is 0 Å². The Labute approximate surface area is 80.1 Å². The van der Waals surface area contributed by atoms with Gasteiger partial charge < -0.3 is 15.2 Å². The number of hydrogen-bond acceptors (Lipinski definition) is 2. The monoisotopic (exact) mass is 181 g/mol. The third kappa shape index (κ3) is 2.57. The van der Waals surface area contributed by atoms with Gasteiger partial charge >= 0.3 is 0 Å². The molecule has 74 valence electrons. The quantitative estimate of drug-likeness (QED) is 0.737. The summed E-state index contributed by atoms with van der Waals surface area (Å²) in [6.45, 7) is 1.71. The average molecular weight is 181 g/mol. The topological polar surface area (TPSA) is 34.2 Å². The van der Waals surface area contributed by atoms with Gasteiger partial charge in [-0.05, 0) is 39.2 Å². The normalized spacial score (nSPS) is 11.2. The molecule has 0 aliphatic heterocycles. The second-order valence-corrected chi connectivity index (χ2v) is 3.65. The van der Waals surface area contributed by atoms with Gasteiger partial charge in [0.05, 0.1) is 0 Å². The summed E-state index contributed by atoms with van der Waals surface area (Å²) in [7, 11) is 6.26. The Morgan fingerprint density at radius 3 is 2.46 bits per heavy atom. The number of nitrogens with zero attached hydrogens (tertiary/aromatic N) is 2. The zero-order valence-electron chi connectivity index (χ0n) is 8.75. The molecule has 0 aliphatic carbocycles. The van der Waals surface area contributed by atoms with Crippen LogP contribution in [-0.2, 0) is 20.0 Å². The highest BCUT2D eigenvalue weighted by molar-refractivity contribution is 5.16. The van der Waals surface area contributed by atoms with Crippen LogP contribution in [0.2, 0.25) is 0 Å². The fourth-order valence-corrected chi connectivity index (χ4v) is 1.48. The van der Waals surface area contributed by atoms with Gasteiger partial charge in [0.15, 0.2) is 0 Å². The van der Waals surface area contributed by atoms with E-state index in [0.717, 1.165) is 19.5 Å². The lowest BCUT2D eigenvalue weighted by Gasteiger charge is -2.11. The van der Waals surface area contributed by atoms with Crippen LogP contribution in [0.15, 0.2) is 12.1 Å². The van der Waals surface area contributed by atoms with Crippen molar-refractivity contribution in [3.63, 3.8) is 0 Å². The Kier molecular flexibility index (Phi) is 3.51. The smallest absolute Gasteiger partial charge is 0.0381 e. The van der Waals surface area contributed by atoms with Crippen molar-refractivity contribution in [3.8, 4) is 0 Å². The van der Waals surface area contributed by atoms with E-state index in [1.165, 1.54) is 11.4 Å². The van der Waals surface area contributed by atoms with Crippen molar-refractivity contribution in [2.75, 3.05) is 20.6 Å². The highest BCUT2D eigenvalue weighted by Crippen LogP contribution is 2.08. The van der Waals surface area contributed by atoms with Crippen molar-refractivity contribution in [2.24, 2.45) is 12.8 Å². The van der Waals surface area contributed by atoms with E-state index in [1.54, 1.807) is 0 Å². The highest BCUT2D eigenvalue weighted by Gasteiger charge is 2.03. The molecule has 1 rings (SSSR count). The van der Waals surface area contributed by atoms with Gasteiger partial charge in [-0.1, -0.05) is 0 Å². The van der Waals surface area contributed by atoms with Crippen LogP contribution in [0, 0.1) is 0 Å². The summed E-state index contributed by atoms with van der Waals surface area (Å²) in [5.74, 6) is 0. The molecule has 0 saturated heterocycles. The minimum absolute atomic E-state index is 0.721. The molecule has 0 amide bonds. The third-order valence-corrected chi connectivity index (χ3v) is 2.21. The summed E-state index contributed by atoms with van der Waals surface area (Å²) in [4.78, 5) is 2.17. The summed E-state index contributed by atoms with van der Waals surface area (Å²) in [6, 6.07) is 4.33. The first-order valence-electron chi connectivity index (χ1n) is 4.63. The molecule has 0 unspecified atom stereocenters. The SMILES string of the molecule is CN(C)Cc1ccc(CCN)n1C. The van der Waals surface area contributed by atoms with Crippen molar-refractivity contribution in [3.05, 3.63) is 23.5 Å². The predicted molar refractivity (Wildman–Crippen MR) is 55.6 cm³/mol. The number of hydrogen-bond donors (Lipinski definition) is 1. The molecule has 2 N–H and O–H groups in total. The summed E-state index contributed by atoms with van der Waals surface area (Å²) in [6.07, 6.45) is 0.962. The van der Waals surface area contributed by atoms with E-state index in [4.69, 9.17) is 5.73 Å². The summed E-state index contributed by atoms with van der Waals surface area (Å²) in [5, 5.41) is 0. The second kappa shape index (κ2) is 4.44. The Morgan fingerprint density at radius 2 is 1.92 bits per heavy atom. The Balaban J connectivity index is 2.74. The molecule has 1 aromatic heterocycles. The first-order valence-corrected chi connectivity index (χ1v) is 4.63. The van der Waals surface area contributed by atoms with E-state index in [0.29, 0.717) is 0 Å². The maximum Gasteiger partial charge on any atom is 0.0381 e. The molecule has 0 aromatic carbocycles. The van der Waals surface area contributed by atoms with Crippen LogP contribution in [0.5, 0.6) is 0 Å².